The fraction of sp³-hybridized carbons (Fsp3) is 0.250. The minimum Gasteiger partial charge on any atom is -0.455 e. The van der Waals surface area contributed by atoms with Crippen molar-refractivity contribution in [1.29, 1.82) is 0 Å². The van der Waals surface area contributed by atoms with Gasteiger partial charge in [0.05, 0.1) is 0 Å². The van der Waals surface area contributed by atoms with Crippen LogP contribution in [0.3, 0.4) is 0 Å². The lowest BCUT2D eigenvalue weighted by molar-refractivity contribution is -0.115. The van der Waals surface area contributed by atoms with Gasteiger partial charge in [-0.05, 0) is 6.42 Å². The molecule has 0 amide bonds. The van der Waals surface area contributed by atoms with Crippen LogP contribution in [0, 0.1) is 29.1 Å². The summed E-state index contributed by atoms with van der Waals surface area (Å²) in [4.78, 5) is 11.1. The summed E-state index contributed by atoms with van der Waals surface area (Å²) < 4.78 is 69.8. The van der Waals surface area contributed by atoms with Crippen molar-refractivity contribution < 1.29 is 31.5 Å². The van der Waals surface area contributed by atoms with E-state index in [1.165, 1.54) is 0 Å². The molecule has 102 valence electrons. The zero-order valence-corrected chi connectivity index (χ0v) is 9.40. The standard InChI is InChI=1S/C12H7F5O2/c13-7-8(14)10(16)12(11(17)9(7)15)19-6-3-1-2-5(18)4-6/h4H,1-3H2. The monoisotopic (exact) mass is 278 g/mol. The summed E-state index contributed by atoms with van der Waals surface area (Å²) in [5, 5.41) is 0. The number of ether oxygens (including phenoxy) is 1. The Balaban J connectivity index is 2.43. The zero-order valence-electron chi connectivity index (χ0n) is 9.40. The van der Waals surface area contributed by atoms with Crippen molar-refractivity contribution in [3.8, 4) is 5.75 Å². The summed E-state index contributed by atoms with van der Waals surface area (Å²) in [6, 6.07) is 0. The maximum Gasteiger partial charge on any atom is 0.207 e. The van der Waals surface area contributed by atoms with Crippen LogP contribution >= 0.6 is 0 Å². The minimum atomic E-state index is -2.25. The average molecular weight is 278 g/mol. The molecule has 0 bridgehead atoms. The Labute approximate surface area is 104 Å². The van der Waals surface area contributed by atoms with Crippen LogP contribution < -0.4 is 4.74 Å². The van der Waals surface area contributed by atoms with Crippen LogP contribution in [-0.2, 0) is 4.79 Å². The first-order valence-corrected chi connectivity index (χ1v) is 5.34. The van der Waals surface area contributed by atoms with Gasteiger partial charge in [0, 0.05) is 18.9 Å². The summed E-state index contributed by atoms with van der Waals surface area (Å²) in [5.74, 6) is -12.4. The fourth-order valence-corrected chi connectivity index (χ4v) is 1.65. The Bertz CT molecular complexity index is 551. The third-order valence-electron chi connectivity index (χ3n) is 2.57. The first kappa shape index (κ1) is 13.5. The molecule has 0 saturated heterocycles. The molecule has 2 rings (SSSR count). The molecule has 1 aliphatic carbocycles. The fourth-order valence-electron chi connectivity index (χ4n) is 1.65. The highest BCUT2D eigenvalue weighted by Gasteiger charge is 2.28. The van der Waals surface area contributed by atoms with Gasteiger partial charge in [0.15, 0.2) is 5.78 Å². The Kier molecular flexibility index (Phi) is 3.55. The molecule has 0 spiro atoms. The number of ketones is 1. The van der Waals surface area contributed by atoms with Gasteiger partial charge in [0.25, 0.3) is 0 Å². The van der Waals surface area contributed by atoms with Crippen LogP contribution in [0.15, 0.2) is 11.8 Å². The quantitative estimate of drug-likeness (QED) is 0.471. The molecule has 1 aromatic carbocycles. The van der Waals surface area contributed by atoms with E-state index in [-0.39, 0.29) is 24.4 Å². The highest BCUT2D eigenvalue weighted by Crippen LogP contribution is 2.31. The van der Waals surface area contributed by atoms with Gasteiger partial charge in [-0.1, -0.05) is 0 Å². The Morgan fingerprint density at radius 3 is 1.89 bits per heavy atom. The molecule has 1 aliphatic rings. The maximum atomic E-state index is 13.3. The highest BCUT2D eigenvalue weighted by atomic mass is 19.2. The molecule has 0 radical (unpaired) electrons. The van der Waals surface area contributed by atoms with Crippen LogP contribution in [-0.4, -0.2) is 5.78 Å². The molecule has 0 unspecified atom stereocenters. The van der Waals surface area contributed by atoms with Crippen LogP contribution in [0.4, 0.5) is 22.0 Å². The third-order valence-corrected chi connectivity index (χ3v) is 2.57. The Morgan fingerprint density at radius 1 is 0.842 bits per heavy atom. The van der Waals surface area contributed by atoms with Crippen LogP contribution in [0.2, 0.25) is 0 Å². The SMILES string of the molecule is O=C1C=C(Oc2c(F)c(F)c(F)c(F)c2F)CCC1. The first-order valence-electron chi connectivity index (χ1n) is 5.34. The van der Waals surface area contributed by atoms with Gasteiger partial charge in [-0.15, -0.1) is 0 Å². The van der Waals surface area contributed by atoms with Crippen molar-refractivity contribution in [2.24, 2.45) is 0 Å². The number of hydrogen-bond donors (Lipinski definition) is 0. The van der Waals surface area contributed by atoms with Crippen molar-refractivity contribution >= 4 is 5.78 Å². The van der Waals surface area contributed by atoms with Crippen molar-refractivity contribution in [2.45, 2.75) is 19.3 Å². The van der Waals surface area contributed by atoms with E-state index in [0.29, 0.717) is 6.42 Å². The third kappa shape index (κ3) is 2.45. The first-order chi connectivity index (χ1) is 8.91. The molecule has 19 heavy (non-hydrogen) atoms. The van der Waals surface area contributed by atoms with Gasteiger partial charge >= 0.3 is 0 Å². The molecular formula is C12H7F5O2. The van der Waals surface area contributed by atoms with Gasteiger partial charge in [0.1, 0.15) is 5.76 Å². The van der Waals surface area contributed by atoms with Gasteiger partial charge in [-0.2, -0.15) is 8.78 Å². The number of rotatable bonds is 2. The number of halogens is 5. The lowest BCUT2D eigenvalue weighted by Gasteiger charge is -2.15. The summed E-state index contributed by atoms with van der Waals surface area (Å²) in [6.45, 7) is 0. The molecule has 0 heterocycles. The van der Waals surface area contributed by atoms with Crippen molar-refractivity contribution in [1.82, 2.24) is 0 Å². The van der Waals surface area contributed by atoms with E-state index in [1.807, 2.05) is 0 Å². The van der Waals surface area contributed by atoms with E-state index in [2.05, 4.69) is 4.74 Å². The predicted octanol–water partition coefficient (Wildman–Crippen LogP) is 3.40. The molecule has 0 saturated carbocycles. The molecule has 0 N–H and O–H groups in total. The molecule has 0 aliphatic heterocycles. The normalized spacial score (nSPS) is 15.4. The average Bonchev–Trinajstić information content (AvgIpc) is 2.39. The molecule has 2 nitrogen and oxygen atoms in total. The minimum absolute atomic E-state index is 0.126. The number of hydrogen-bond acceptors (Lipinski definition) is 2. The summed E-state index contributed by atoms with van der Waals surface area (Å²) in [7, 11) is 0. The Hall–Kier alpha value is -1.92. The number of carbonyl (C=O) groups is 1. The van der Waals surface area contributed by atoms with Gasteiger partial charge in [-0.3, -0.25) is 4.79 Å². The maximum absolute atomic E-state index is 13.3. The number of benzene rings is 1. The molecule has 0 aromatic heterocycles. The summed E-state index contributed by atoms with van der Waals surface area (Å²) in [6.07, 6.45) is 1.82. The van der Waals surface area contributed by atoms with E-state index >= 15 is 0 Å². The largest absolute Gasteiger partial charge is 0.455 e. The molecule has 7 heteroatoms. The Morgan fingerprint density at radius 2 is 1.37 bits per heavy atom. The molecule has 0 fully saturated rings. The smallest absolute Gasteiger partial charge is 0.207 e. The van der Waals surface area contributed by atoms with E-state index < -0.39 is 34.8 Å². The van der Waals surface area contributed by atoms with Crippen molar-refractivity contribution in [2.75, 3.05) is 0 Å². The van der Waals surface area contributed by atoms with Crippen molar-refractivity contribution in [3.63, 3.8) is 0 Å². The van der Waals surface area contributed by atoms with Gasteiger partial charge < -0.3 is 4.74 Å². The summed E-state index contributed by atoms with van der Waals surface area (Å²) in [5.41, 5.74) is 0. The lowest BCUT2D eigenvalue weighted by Crippen LogP contribution is -2.11. The predicted molar refractivity (Wildman–Crippen MR) is 53.8 cm³/mol. The van der Waals surface area contributed by atoms with Crippen molar-refractivity contribution in [3.05, 3.63) is 40.9 Å². The van der Waals surface area contributed by atoms with E-state index in [1.54, 1.807) is 0 Å². The lowest BCUT2D eigenvalue weighted by atomic mass is 10.1. The number of carbonyl (C=O) groups excluding carboxylic acids is 1. The molecule has 0 atom stereocenters. The zero-order chi connectivity index (χ0) is 14.2. The second kappa shape index (κ2) is 4.99. The van der Waals surface area contributed by atoms with E-state index in [4.69, 9.17) is 0 Å². The van der Waals surface area contributed by atoms with Gasteiger partial charge in [0.2, 0.25) is 34.8 Å². The van der Waals surface area contributed by atoms with Gasteiger partial charge in [-0.25, -0.2) is 13.2 Å². The van der Waals surface area contributed by atoms with Crippen LogP contribution in [0.25, 0.3) is 0 Å². The number of allylic oxidation sites excluding steroid dienone is 2. The molecule has 1 aromatic rings. The highest BCUT2D eigenvalue weighted by molar-refractivity contribution is 5.90. The van der Waals surface area contributed by atoms with E-state index in [9.17, 15) is 26.7 Å². The summed E-state index contributed by atoms with van der Waals surface area (Å²) >= 11 is 0. The second-order valence-electron chi connectivity index (χ2n) is 3.93. The van der Waals surface area contributed by atoms with Crippen LogP contribution in [0.5, 0.6) is 5.75 Å². The van der Waals surface area contributed by atoms with Crippen LogP contribution in [0.1, 0.15) is 19.3 Å². The van der Waals surface area contributed by atoms with E-state index in [0.717, 1.165) is 6.08 Å². The second-order valence-corrected chi connectivity index (χ2v) is 3.93. The molecular weight excluding hydrogens is 271 g/mol. The topological polar surface area (TPSA) is 26.3 Å².